The van der Waals surface area contributed by atoms with Crippen LogP contribution in [0.4, 0.5) is 5.69 Å². The summed E-state index contributed by atoms with van der Waals surface area (Å²) in [5, 5.41) is 14.0. The topological polar surface area (TPSA) is 64.4 Å². The molecule has 1 heterocycles. The lowest BCUT2D eigenvalue weighted by molar-refractivity contribution is -0.384. The summed E-state index contributed by atoms with van der Waals surface area (Å²) < 4.78 is 5.70. The van der Waals surface area contributed by atoms with Crippen molar-refractivity contribution >= 4 is 5.69 Å². The molecule has 0 saturated carbocycles. The van der Waals surface area contributed by atoms with Crippen LogP contribution < -0.4 is 5.32 Å². The van der Waals surface area contributed by atoms with Crippen molar-refractivity contribution in [1.82, 2.24) is 5.32 Å². The number of hydrogen-bond acceptors (Lipinski definition) is 4. The van der Waals surface area contributed by atoms with Crippen molar-refractivity contribution in [3.8, 4) is 0 Å². The van der Waals surface area contributed by atoms with Gasteiger partial charge in [0.05, 0.1) is 11.0 Å². The molecule has 0 bridgehead atoms. The van der Waals surface area contributed by atoms with Crippen molar-refractivity contribution < 1.29 is 9.66 Å². The summed E-state index contributed by atoms with van der Waals surface area (Å²) in [6.07, 6.45) is 2.17. The fourth-order valence-corrected chi connectivity index (χ4v) is 2.16. The first-order valence-corrected chi connectivity index (χ1v) is 6.30. The Morgan fingerprint density at radius 3 is 2.78 bits per heavy atom. The second-order valence-corrected chi connectivity index (χ2v) is 4.50. The van der Waals surface area contributed by atoms with E-state index in [-0.39, 0.29) is 22.8 Å². The minimum absolute atomic E-state index is 0.134. The fraction of sp³-hybridized carbons (Fsp3) is 0.538. The fourth-order valence-electron chi connectivity index (χ4n) is 2.16. The molecule has 0 radical (unpaired) electrons. The van der Waals surface area contributed by atoms with E-state index in [0.29, 0.717) is 0 Å². The molecule has 1 N–H and O–H groups in total. The molecule has 1 aromatic rings. The average molecular weight is 250 g/mol. The molecular formula is C13H18N2O3. The Balaban J connectivity index is 2.04. The zero-order valence-electron chi connectivity index (χ0n) is 10.5. The number of benzene rings is 1. The van der Waals surface area contributed by atoms with Gasteiger partial charge in [0.25, 0.3) is 5.69 Å². The Hall–Kier alpha value is -1.46. The van der Waals surface area contributed by atoms with E-state index in [1.165, 1.54) is 0 Å². The van der Waals surface area contributed by atoms with E-state index < -0.39 is 0 Å². The highest BCUT2D eigenvalue weighted by atomic mass is 16.6. The van der Waals surface area contributed by atoms with Crippen LogP contribution in [0.2, 0.25) is 0 Å². The van der Waals surface area contributed by atoms with E-state index >= 15 is 0 Å². The minimum atomic E-state index is -0.374. The lowest BCUT2D eigenvalue weighted by Crippen LogP contribution is -2.27. The standard InChI is InChI=1S/C13H18N2O3/c1-2-12-9-14-13(7-8-18-12)10-3-5-11(6-4-10)15(16)17/h3-6,12-14H,2,7-9H2,1H3. The molecule has 0 aliphatic carbocycles. The van der Waals surface area contributed by atoms with Crippen molar-refractivity contribution in [1.29, 1.82) is 0 Å². The van der Waals surface area contributed by atoms with Gasteiger partial charge in [0.1, 0.15) is 0 Å². The summed E-state index contributed by atoms with van der Waals surface area (Å²) in [7, 11) is 0. The molecule has 0 aromatic heterocycles. The molecule has 98 valence electrons. The van der Waals surface area contributed by atoms with E-state index in [4.69, 9.17) is 4.74 Å². The van der Waals surface area contributed by atoms with Crippen LogP contribution in [0.15, 0.2) is 24.3 Å². The van der Waals surface area contributed by atoms with Gasteiger partial charge < -0.3 is 10.1 Å². The second-order valence-electron chi connectivity index (χ2n) is 4.50. The molecule has 18 heavy (non-hydrogen) atoms. The van der Waals surface area contributed by atoms with Crippen molar-refractivity contribution in [3.63, 3.8) is 0 Å². The van der Waals surface area contributed by atoms with Crippen LogP contribution in [0.1, 0.15) is 31.4 Å². The normalized spacial score (nSPS) is 24.5. The summed E-state index contributed by atoms with van der Waals surface area (Å²) >= 11 is 0. The van der Waals surface area contributed by atoms with Gasteiger partial charge in [0.2, 0.25) is 0 Å². The van der Waals surface area contributed by atoms with Crippen molar-refractivity contribution in [3.05, 3.63) is 39.9 Å². The SMILES string of the molecule is CCC1CNC(c2ccc([N+](=O)[O-])cc2)CCO1. The van der Waals surface area contributed by atoms with Gasteiger partial charge in [-0.05, 0) is 18.4 Å². The third kappa shape index (κ3) is 3.05. The van der Waals surface area contributed by atoms with Gasteiger partial charge in [-0.2, -0.15) is 0 Å². The number of hydrogen-bond donors (Lipinski definition) is 1. The maximum Gasteiger partial charge on any atom is 0.269 e. The van der Waals surface area contributed by atoms with E-state index in [2.05, 4.69) is 12.2 Å². The predicted octanol–water partition coefficient (Wildman–Crippen LogP) is 2.42. The van der Waals surface area contributed by atoms with Crippen LogP contribution in [0.5, 0.6) is 0 Å². The van der Waals surface area contributed by atoms with Gasteiger partial charge in [-0.3, -0.25) is 10.1 Å². The van der Waals surface area contributed by atoms with Gasteiger partial charge in [-0.25, -0.2) is 0 Å². The first kappa shape index (κ1) is 13.0. The number of nitrogens with one attached hydrogen (secondary N) is 1. The minimum Gasteiger partial charge on any atom is -0.377 e. The van der Waals surface area contributed by atoms with Gasteiger partial charge in [-0.15, -0.1) is 0 Å². The Morgan fingerprint density at radius 1 is 1.44 bits per heavy atom. The highest BCUT2D eigenvalue weighted by Gasteiger charge is 2.19. The maximum absolute atomic E-state index is 10.6. The molecule has 5 heteroatoms. The first-order chi connectivity index (χ1) is 8.70. The number of ether oxygens (including phenoxy) is 1. The zero-order valence-corrected chi connectivity index (χ0v) is 10.5. The van der Waals surface area contributed by atoms with Crippen molar-refractivity contribution in [2.45, 2.75) is 31.9 Å². The lowest BCUT2D eigenvalue weighted by Gasteiger charge is -2.16. The highest BCUT2D eigenvalue weighted by molar-refractivity contribution is 5.34. The number of nitro groups is 1. The number of nitrogens with zero attached hydrogens (tertiary/aromatic N) is 1. The summed E-state index contributed by atoms with van der Waals surface area (Å²) in [4.78, 5) is 10.2. The van der Waals surface area contributed by atoms with Crippen LogP contribution in [-0.2, 0) is 4.74 Å². The predicted molar refractivity (Wildman–Crippen MR) is 68.5 cm³/mol. The molecule has 1 aliphatic rings. The Kier molecular flexibility index (Phi) is 4.28. The molecule has 0 spiro atoms. The molecule has 1 saturated heterocycles. The largest absolute Gasteiger partial charge is 0.377 e. The quantitative estimate of drug-likeness (QED) is 0.661. The maximum atomic E-state index is 10.6. The van der Waals surface area contributed by atoms with E-state index in [1.807, 2.05) is 12.1 Å². The van der Waals surface area contributed by atoms with Crippen LogP contribution >= 0.6 is 0 Å². The molecule has 1 aromatic carbocycles. The Labute approximate surface area is 106 Å². The molecule has 1 fully saturated rings. The molecule has 2 unspecified atom stereocenters. The number of non-ortho nitro benzene ring substituents is 1. The average Bonchev–Trinajstić information content (AvgIpc) is 2.64. The van der Waals surface area contributed by atoms with E-state index in [1.54, 1.807) is 12.1 Å². The number of rotatable bonds is 3. The van der Waals surface area contributed by atoms with Crippen molar-refractivity contribution in [2.24, 2.45) is 0 Å². The van der Waals surface area contributed by atoms with Crippen molar-refractivity contribution in [2.75, 3.05) is 13.2 Å². The number of nitro benzene ring substituents is 1. The molecule has 0 amide bonds. The molecule has 2 atom stereocenters. The van der Waals surface area contributed by atoms with Crippen LogP contribution in [0.25, 0.3) is 0 Å². The van der Waals surface area contributed by atoms with E-state index in [9.17, 15) is 10.1 Å². The smallest absolute Gasteiger partial charge is 0.269 e. The first-order valence-electron chi connectivity index (χ1n) is 6.30. The van der Waals surface area contributed by atoms with Gasteiger partial charge in [0, 0.05) is 31.3 Å². The Morgan fingerprint density at radius 2 is 2.17 bits per heavy atom. The van der Waals surface area contributed by atoms with Gasteiger partial charge in [0.15, 0.2) is 0 Å². The van der Waals surface area contributed by atoms with Gasteiger partial charge in [-0.1, -0.05) is 19.1 Å². The van der Waals surface area contributed by atoms with Crippen LogP contribution in [0, 0.1) is 10.1 Å². The summed E-state index contributed by atoms with van der Waals surface area (Å²) in [5.41, 5.74) is 1.22. The molecule has 2 rings (SSSR count). The highest BCUT2D eigenvalue weighted by Crippen LogP contribution is 2.22. The van der Waals surface area contributed by atoms with Crippen LogP contribution in [-0.4, -0.2) is 24.2 Å². The monoisotopic (exact) mass is 250 g/mol. The van der Waals surface area contributed by atoms with E-state index in [0.717, 1.165) is 31.6 Å². The lowest BCUT2D eigenvalue weighted by atomic mass is 10.0. The molecule has 5 nitrogen and oxygen atoms in total. The molecular weight excluding hydrogens is 232 g/mol. The van der Waals surface area contributed by atoms with Crippen LogP contribution in [0.3, 0.4) is 0 Å². The summed E-state index contributed by atoms with van der Waals surface area (Å²) in [6, 6.07) is 6.98. The summed E-state index contributed by atoms with van der Waals surface area (Å²) in [6.45, 7) is 3.67. The van der Waals surface area contributed by atoms with Gasteiger partial charge >= 0.3 is 0 Å². The summed E-state index contributed by atoms with van der Waals surface area (Å²) in [5.74, 6) is 0. The Bertz CT molecular complexity index is 405. The third-order valence-corrected chi connectivity index (χ3v) is 3.31. The third-order valence-electron chi connectivity index (χ3n) is 3.31. The second kappa shape index (κ2) is 5.93. The zero-order chi connectivity index (χ0) is 13.0. The molecule has 1 aliphatic heterocycles.